The van der Waals surface area contributed by atoms with Crippen molar-refractivity contribution in [1.82, 2.24) is 8.61 Å². The molecule has 234 valence electrons. The molecule has 0 radical (unpaired) electrons. The standard InChI is InChI=1S/C36H38N2O5S2/c1-4-43-35-24-33(29-16-9-6-10-17-29)38(45(41,42)36-18-12-11-13-27(36)3)34-23-32(28-14-7-5-8-15-28)37(25-31(34)35)44(39,40)30-21-19-26(2)20-22-30/h5-22,32-34H,4,23-25H2,1-3H3/t32-,33-,34-/m0/s1. The molecule has 4 aromatic rings. The second-order valence-electron chi connectivity index (χ2n) is 11.7. The van der Waals surface area contributed by atoms with Gasteiger partial charge in [-0.05, 0) is 62.1 Å². The molecule has 4 aromatic carbocycles. The number of hydrogen-bond acceptors (Lipinski definition) is 5. The van der Waals surface area contributed by atoms with E-state index in [-0.39, 0.29) is 22.8 Å². The highest BCUT2D eigenvalue weighted by Crippen LogP contribution is 2.49. The van der Waals surface area contributed by atoms with Gasteiger partial charge in [-0.15, -0.1) is 0 Å². The maximum absolute atomic E-state index is 14.8. The van der Waals surface area contributed by atoms with Crippen LogP contribution in [-0.4, -0.2) is 44.6 Å². The molecule has 0 aromatic heterocycles. The lowest BCUT2D eigenvalue weighted by Crippen LogP contribution is -2.55. The maximum Gasteiger partial charge on any atom is 0.244 e. The van der Waals surface area contributed by atoms with Crippen LogP contribution in [0.2, 0.25) is 0 Å². The van der Waals surface area contributed by atoms with Crippen molar-refractivity contribution in [2.24, 2.45) is 0 Å². The van der Waals surface area contributed by atoms with Crippen LogP contribution in [0.5, 0.6) is 0 Å². The Morgan fingerprint density at radius 2 is 1.27 bits per heavy atom. The summed E-state index contributed by atoms with van der Waals surface area (Å²) in [4.78, 5) is 0.449. The van der Waals surface area contributed by atoms with Crippen molar-refractivity contribution in [2.45, 2.75) is 61.5 Å². The molecule has 2 aliphatic rings. The first-order valence-electron chi connectivity index (χ1n) is 15.2. The molecule has 7 nitrogen and oxygen atoms in total. The fourth-order valence-electron chi connectivity index (χ4n) is 6.64. The van der Waals surface area contributed by atoms with Crippen LogP contribution in [0.15, 0.2) is 130 Å². The van der Waals surface area contributed by atoms with Crippen molar-refractivity contribution in [1.29, 1.82) is 0 Å². The molecule has 0 aliphatic carbocycles. The first-order valence-corrected chi connectivity index (χ1v) is 18.1. The lowest BCUT2D eigenvalue weighted by atomic mass is 9.84. The summed E-state index contributed by atoms with van der Waals surface area (Å²) in [7, 11) is -8.01. The van der Waals surface area contributed by atoms with Crippen molar-refractivity contribution in [2.75, 3.05) is 13.2 Å². The summed E-state index contributed by atoms with van der Waals surface area (Å²) >= 11 is 0. The predicted octanol–water partition coefficient (Wildman–Crippen LogP) is 6.93. The molecule has 3 atom stereocenters. The Bertz CT molecular complexity index is 1910. The first-order chi connectivity index (χ1) is 21.6. The van der Waals surface area contributed by atoms with Gasteiger partial charge < -0.3 is 4.74 Å². The highest BCUT2D eigenvalue weighted by atomic mass is 32.2. The third-order valence-corrected chi connectivity index (χ3v) is 12.8. The average Bonchev–Trinajstić information content (AvgIpc) is 3.05. The van der Waals surface area contributed by atoms with Crippen molar-refractivity contribution in [3.05, 3.63) is 143 Å². The zero-order chi connectivity index (χ0) is 31.8. The van der Waals surface area contributed by atoms with Crippen LogP contribution < -0.4 is 0 Å². The van der Waals surface area contributed by atoms with Crippen LogP contribution in [0.1, 0.15) is 54.1 Å². The summed E-state index contributed by atoms with van der Waals surface area (Å²) in [5.74, 6) is 0.656. The molecular weight excluding hydrogens is 605 g/mol. The Kier molecular flexibility index (Phi) is 8.72. The van der Waals surface area contributed by atoms with Gasteiger partial charge in [0.2, 0.25) is 20.0 Å². The van der Waals surface area contributed by atoms with E-state index in [1.807, 2.05) is 80.6 Å². The summed E-state index contributed by atoms with van der Waals surface area (Å²) in [6.45, 7) is 6.01. The monoisotopic (exact) mass is 642 g/mol. The third-order valence-electron chi connectivity index (χ3n) is 8.84. The van der Waals surface area contributed by atoms with Crippen molar-refractivity contribution >= 4 is 20.0 Å². The van der Waals surface area contributed by atoms with Gasteiger partial charge in [0.05, 0.1) is 40.3 Å². The van der Waals surface area contributed by atoms with Gasteiger partial charge in [0, 0.05) is 18.5 Å². The normalized spacial score (nSPS) is 21.4. The summed E-state index contributed by atoms with van der Waals surface area (Å²) < 4.78 is 67.8. The Morgan fingerprint density at radius 3 is 1.87 bits per heavy atom. The molecule has 0 N–H and O–H groups in total. The van der Waals surface area contributed by atoms with Crippen LogP contribution in [0.4, 0.5) is 0 Å². The minimum atomic E-state index is -4.04. The van der Waals surface area contributed by atoms with Gasteiger partial charge in [-0.2, -0.15) is 8.61 Å². The minimum absolute atomic E-state index is 0.0110. The molecule has 1 saturated heterocycles. The molecule has 1 fully saturated rings. The van der Waals surface area contributed by atoms with E-state index in [9.17, 15) is 16.8 Å². The number of fused-ring (bicyclic) bond motifs is 1. The topological polar surface area (TPSA) is 84.0 Å². The molecule has 0 spiro atoms. The first kappa shape index (κ1) is 31.2. The van der Waals surface area contributed by atoms with Gasteiger partial charge in [0.25, 0.3) is 0 Å². The van der Waals surface area contributed by atoms with Gasteiger partial charge in [-0.1, -0.05) is 96.6 Å². The van der Waals surface area contributed by atoms with E-state index in [0.29, 0.717) is 29.9 Å². The van der Waals surface area contributed by atoms with Crippen molar-refractivity contribution in [3.63, 3.8) is 0 Å². The molecule has 2 aliphatic heterocycles. The number of sulfonamides is 2. The van der Waals surface area contributed by atoms with Gasteiger partial charge in [-0.3, -0.25) is 0 Å². The van der Waals surface area contributed by atoms with E-state index in [1.165, 1.54) is 4.31 Å². The summed E-state index contributed by atoms with van der Waals surface area (Å²) in [5.41, 5.74) is 3.97. The van der Waals surface area contributed by atoms with E-state index in [2.05, 4.69) is 0 Å². The molecule has 0 saturated carbocycles. The number of piperidine rings is 1. The second kappa shape index (κ2) is 12.6. The highest BCUT2D eigenvalue weighted by Gasteiger charge is 2.51. The molecule has 0 bridgehead atoms. The zero-order valence-corrected chi connectivity index (χ0v) is 27.3. The molecule has 6 rings (SSSR count). The van der Waals surface area contributed by atoms with Gasteiger partial charge in [0.15, 0.2) is 0 Å². The Labute approximate surface area is 266 Å². The summed E-state index contributed by atoms with van der Waals surface area (Å²) in [6.07, 6.45) is 0.526. The molecule has 45 heavy (non-hydrogen) atoms. The number of hydrogen-bond donors (Lipinski definition) is 0. The second-order valence-corrected chi connectivity index (χ2v) is 15.4. The molecular formula is C36H38N2O5S2. The lowest BCUT2D eigenvalue weighted by Gasteiger charge is -2.49. The largest absolute Gasteiger partial charge is 0.498 e. The highest BCUT2D eigenvalue weighted by molar-refractivity contribution is 7.89. The maximum atomic E-state index is 14.8. The fourth-order valence-corrected chi connectivity index (χ4v) is 10.3. The summed E-state index contributed by atoms with van der Waals surface area (Å²) in [5, 5.41) is 0. The third kappa shape index (κ3) is 5.86. The van der Waals surface area contributed by atoms with E-state index in [4.69, 9.17) is 4.74 Å². The fraction of sp³-hybridized carbons (Fsp3) is 0.278. The molecule has 9 heteroatoms. The quantitative estimate of drug-likeness (QED) is 0.208. The lowest BCUT2D eigenvalue weighted by molar-refractivity contribution is 0.118. The van der Waals surface area contributed by atoms with E-state index in [1.54, 1.807) is 53.7 Å². The number of ether oxygens (including phenoxy) is 1. The van der Waals surface area contributed by atoms with Gasteiger partial charge in [-0.25, -0.2) is 16.8 Å². The number of benzene rings is 4. The SMILES string of the molecule is CCOC1=C2CN(S(=O)(=O)c3ccc(C)cc3)[C@H](c3ccccc3)C[C@@H]2N(S(=O)(=O)c2ccccc2C)[C@H](c2ccccc2)C1. The van der Waals surface area contributed by atoms with E-state index < -0.39 is 38.2 Å². The number of nitrogens with zero attached hydrogens (tertiary/aromatic N) is 2. The average molecular weight is 643 g/mol. The minimum Gasteiger partial charge on any atom is -0.498 e. The van der Waals surface area contributed by atoms with Crippen LogP contribution in [-0.2, 0) is 24.8 Å². The number of aryl methyl sites for hydroxylation is 2. The zero-order valence-electron chi connectivity index (χ0n) is 25.7. The smallest absolute Gasteiger partial charge is 0.244 e. The molecule has 0 unspecified atom stereocenters. The van der Waals surface area contributed by atoms with Crippen molar-refractivity contribution < 1.29 is 21.6 Å². The Balaban J connectivity index is 1.57. The van der Waals surface area contributed by atoms with E-state index >= 15 is 0 Å². The summed E-state index contributed by atoms with van der Waals surface area (Å²) in [6, 6.07) is 31.2. The van der Waals surface area contributed by atoms with Crippen LogP contribution in [0.3, 0.4) is 0 Å². The van der Waals surface area contributed by atoms with E-state index in [0.717, 1.165) is 16.7 Å². The van der Waals surface area contributed by atoms with Crippen molar-refractivity contribution in [3.8, 4) is 0 Å². The Morgan fingerprint density at radius 1 is 0.689 bits per heavy atom. The molecule has 0 amide bonds. The van der Waals surface area contributed by atoms with Gasteiger partial charge in [0.1, 0.15) is 0 Å². The van der Waals surface area contributed by atoms with Crippen LogP contribution in [0, 0.1) is 13.8 Å². The Hall–Kier alpha value is -3.76. The number of rotatable bonds is 8. The van der Waals surface area contributed by atoms with Crippen LogP contribution in [0.25, 0.3) is 0 Å². The van der Waals surface area contributed by atoms with Crippen LogP contribution >= 0.6 is 0 Å². The predicted molar refractivity (Wildman–Crippen MR) is 175 cm³/mol. The van der Waals surface area contributed by atoms with Gasteiger partial charge >= 0.3 is 0 Å². The molecule has 2 heterocycles.